The predicted molar refractivity (Wildman–Crippen MR) is 250 cm³/mol. The fourth-order valence-electron chi connectivity index (χ4n) is 9.99. The van der Waals surface area contributed by atoms with E-state index in [1.807, 2.05) is 18.2 Å². The van der Waals surface area contributed by atoms with Crippen LogP contribution in [0.5, 0.6) is 0 Å². The Hall–Kier alpha value is -6.42. The summed E-state index contributed by atoms with van der Waals surface area (Å²) in [7, 11) is -1.72. The number of benzene rings is 2. The van der Waals surface area contributed by atoms with Crippen molar-refractivity contribution < 1.29 is 51.9 Å². The number of aryl methyl sites for hydroxylation is 1. The molecule has 69 heavy (non-hydrogen) atoms. The molecule has 0 radical (unpaired) electrons. The number of nitrogens with two attached hydrogens (primary N) is 2. The molecule has 1 saturated carbocycles. The van der Waals surface area contributed by atoms with Crippen LogP contribution in [0.2, 0.25) is 0 Å². The maximum atomic E-state index is 13.9. The van der Waals surface area contributed by atoms with Gasteiger partial charge in [-0.05, 0) is 111 Å². The molecule has 1 unspecified atom stereocenters. The summed E-state index contributed by atoms with van der Waals surface area (Å²) >= 11 is 0. The number of nitrogens with zero attached hydrogens (tertiary/aromatic N) is 4. The van der Waals surface area contributed by atoms with E-state index in [4.69, 9.17) is 21.4 Å². The molecule has 0 spiro atoms. The Kier molecular flexibility index (Phi) is 16.8. The van der Waals surface area contributed by atoms with Crippen molar-refractivity contribution in [3.8, 4) is 0 Å². The summed E-state index contributed by atoms with van der Waals surface area (Å²) in [6.45, 7) is 1.49. The van der Waals surface area contributed by atoms with Crippen LogP contribution in [-0.4, -0.2) is 123 Å². The first-order valence-corrected chi connectivity index (χ1v) is 25.2. The normalized spacial score (nSPS) is 23.4. The Bertz CT molecular complexity index is 2630. The van der Waals surface area contributed by atoms with Gasteiger partial charge in [0.2, 0.25) is 41.4 Å². The highest BCUT2D eigenvalue weighted by atomic mass is 32.2. The molecule has 3 aromatic rings. The Morgan fingerprint density at radius 1 is 0.884 bits per heavy atom. The number of primary amides is 1. The lowest BCUT2D eigenvalue weighted by molar-refractivity contribution is -0.145. The molecule has 5 atom stereocenters. The van der Waals surface area contributed by atoms with Crippen molar-refractivity contribution in [1.82, 2.24) is 34.9 Å². The van der Waals surface area contributed by atoms with Gasteiger partial charge in [0.25, 0.3) is 5.97 Å². The number of carboxylic acid groups (broad SMARTS) is 1. The highest BCUT2D eigenvalue weighted by Gasteiger charge is 2.45. The number of sulfone groups is 1. The van der Waals surface area contributed by atoms with Gasteiger partial charge in [0.05, 0.1) is 15.9 Å². The minimum atomic E-state index is -3.40. The molecule has 374 valence electrons. The van der Waals surface area contributed by atoms with E-state index in [0.717, 1.165) is 56.4 Å². The highest BCUT2D eigenvalue weighted by Crippen LogP contribution is 2.35. The zero-order chi connectivity index (χ0) is 50.3. The van der Waals surface area contributed by atoms with E-state index in [-0.39, 0.29) is 73.1 Å². The van der Waals surface area contributed by atoms with Crippen molar-refractivity contribution in [2.45, 2.75) is 132 Å². The molecule has 2 aromatic carbocycles. The topological polar surface area (TPSA) is 312 Å². The van der Waals surface area contributed by atoms with Crippen LogP contribution in [0.1, 0.15) is 101 Å². The second-order valence-electron chi connectivity index (χ2n) is 18.7. The third-order valence-electron chi connectivity index (χ3n) is 13.6. The molecular formula is C47H63N9O12S. The Labute approximate surface area is 399 Å². The van der Waals surface area contributed by atoms with Gasteiger partial charge in [-0.3, -0.25) is 52.8 Å². The largest absolute Gasteiger partial charge is 0.481 e. The van der Waals surface area contributed by atoms with Gasteiger partial charge in [0, 0.05) is 65.2 Å². The summed E-state index contributed by atoms with van der Waals surface area (Å²) < 4.78 is 26.7. The number of imidazole rings is 1. The molecule has 3 aliphatic heterocycles. The van der Waals surface area contributed by atoms with E-state index in [2.05, 4.69) is 16.0 Å². The first-order valence-electron chi connectivity index (χ1n) is 23.3. The minimum Gasteiger partial charge on any atom is -0.481 e. The number of nitrogens with one attached hydrogen (secondary N) is 3. The van der Waals surface area contributed by atoms with Crippen LogP contribution < -0.4 is 33.1 Å². The third-order valence-corrected chi connectivity index (χ3v) is 14.8. The van der Waals surface area contributed by atoms with Crippen molar-refractivity contribution >= 4 is 68.2 Å². The SMILES string of the molecule is CC(=O)O.Cn1c(=O)n(C2CCC(=O)NC2=O)c2ccc(CC3CCC(CC(=O)N4CC[C@H]5CC[C@@H](C(=O)N[C@@H](CCC(N)=O)C(=O)NCc6ccc(S(C)(=O)=O)cc6)N5C(=O)[C@@H](N)C4)CC3)cc21. The molecule has 8 N–H and O–H groups in total. The minimum absolute atomic E-state index is 0.00955. The maximum Gasteiger partial charge on any atom is 0.329 e. The van der Waals surface area contributed by atoms with Crippen molar-refractivity contribution in [2.24, 2.45) is 30.4 Å². The number of piperidine rings is 1. The molecule has 21 nitrogen and oxygen atoms in total. The summed E-state index contributed by atoms with van der Waals surface area (Å²) in [5.41, 5.74) is 14.6. The number of hydrogen-bond donors (Lipinski definition) is 6. The molecule has 7 rings (SSSR count). The summed E-state index contributed by atoms with van der Waals surface area (Å²) in [6, 6.07) is 7.66. The van der Waals surface area contributed by atoms with Crippen molar-refractivity contribution in [2.75, 3.05) is 19.3 Å². The first kappa shape index (κ1) is 52.0. The highest BCUT2D eigenvalue weighted by molar-refractivity contribution is 7.90. The summed E-state index contributed by atoms with van der Waals surface area (Å²) in [5, 5.41) is 15.2. The zero-order valence-corrected chi connectivity index (χ0v) is 40.0. The van der Waals surface area contributed by atoms with E-state index in [1.54, 1.807) is 28.6 Å². The van der Waals surface area contributed by atoms with E-state index in [9.17, 15) is 46.8 Å². The second-order valence-corrected chi connectivity index (χ2v) is 20.8. The standard InChI is InChI=1S/C45H59N9O10S.C2H4O2/c1-51-37-22-29(9-14-34(37)54(45(51)62)36-16-18-39(56)50-43(36)60)21-26-3-5-27(6-4-26)23-40(57)52-20-19-30-10-15-35(53(30)44(61)32(46)25-52)42(59)49-33(13-17-38(47)55)41(58)48-24-28-7-11-31(12-8-28)65(2,63)64;1-2(3)4/h7-9,11-12,14,22,26-27,30,32-33,35-36H,3-6,10,13,15-21,23-25,46H2,1-2H3,(H2,47,55)(H,48,58)(H,49,59)(H,50,56,60);1H3,(H,3,4)/t26?,27?,30-,32+,33+,35+,36?;/m1./s1. The monoisotopic (exact) mass is 977 g/mol. The Balaban J connectivity index is 0.00000188. The number of carbonyl (C=O) groups excluding carboxylic acids is 7. The number of imide groups is 1. The smallest absolute Gasteiger partial charge is 0.329 e. The predicted octanol–water partition coefficient (Wildman–Crippen LogP) is 0.537. The summed E-state index contributed by atoms with van der Waals surface area (Å²) in [5.74, 6) is -3.38. The van der Waals surface area contributed by atoms with E-state index in [1.165, 1.54) is 21.6 Å². The van der Waals surface area contributed by atoms with Crippen molar-refractivity contribution in [3.63, 3.8) is 0 Å². The van der Waals surface area contributed by atoms with Crippen LogP contribution in [0.15, 0.2) is 52.2 Å². The van der Waals surface area contributed by atoms with Crippen LogP contribution >= 0.6 is 0 Å². The van der Waals surface area contributed by atoms with Gasteiger partial charge in [0.15, 0.2) is 9.84 Å². The molecule has 0 bridgehead atoms. The fraction of sp³-hybridized carbons (Fsp3) is 0.553. The molecule has 4 aliphatic rings. The molecule has 4 fully saturated rings. The third kappa shape index (κ3) is 13.0. The van der Waals surface area contributed by atoms with Crippen molar-refractivity contribution in [3.05, 3.63) is 64.1 Å². The summed E-state index contributed by atoms with van der Waals surface area (Å²) in [4.78, 5) is 116. The van der Waals surface area contributed by atoms with Crippen molar-refractivity contribution in [1.29, 1.82) is 0 Å². The number of amides is 7. The van der Waals surface area contributed by atoms with E-state index >= 15 is 0 Å². The molecule has 22 heteroatoms. The van der Waals surface area contributed by atoms with Gasteiger partial charge in [-0.1, -0.05) is 18.2 Å². The van der Waals surface area contributed by atoms with Gasteiger partial charge >= 0.3 is 5.69 Å². The van der Waals surface area contributed by atoms with Crippen LogP contribution in [0, 0.1) is 11.8 Å². The molecule has 7 amide bonds. The number of rotatable bonds is 14. The molecule has 4 heterocycles. The van der Waals surface area contributed by atoms with Gasteiger partial charge < -0.3 is 37.0 Å². The lowest BCUT2D eigenvalue weighted by Gasteiger charge is -2.38. The average Bonchev–Trinajstić information content (AvgIpc) is 3.82. The number of fused-ring (bicyclic) bond motifs is 2. The lowest BCUT2D eigenvalue weighted by atomic mass is 9.78. The van der Waals surface area contributed by atoms with Crippen LogP contribution in [0.25, 0.3) is 11.0 Å². The van der Waals surface area contributed by atoms with E-state index in [0.29, 0.717) is 49.2 Å². The van der Waals surface area contributed by atoms with E-state index < -0.39 is 69.5 Å². The summed E-state index contributed by atoms with van der Waals surface area (Å²) in [6.07, 6.45) is 7.30. The lowest BCUT2D eigenvalue weighted by Crippen LogP contribution is -2.60. The molecular weight excluding hydrogens is 915 g/mol. The number of hydrogen-bond acceptors (Lipinski definition) is 12. The fourth-order valence-corrected chi connectivity index (χ4v) is 10.6. The van der Waals surface area contributed by atoms with Gasteiger partial charge in [-0.25, -0.2) is 13.2 Å². The molecule has 1 aliphatic carbocycles. The number of aromatic nitrogens is 2. The number of carbonyl (C=O) groups is 8. The molecule has 3 saturated heterocycles. The second kappa shape index (κ2) is 22.3. The number of aliphatic carboxylic acids is 1. The first-order chi connectivity index (χ1) is 32.6. The maximum absolute atomic E-state index is 13.9. The van der Waals surface area contributed by atoms with Crippen LogP contribution in [0.4, 0.5) is 0 Å². The quantitative estimate of drug-likeness (QED) is 0.120. The average molecular weight is 978 g/mol. The van der Waals surface area contributed by atoms with Gasteiger partial charge in [-0.2, -0.15) is 0 Å². The van der Waals surface area contributed by atoms with Gasteiger partial charge in [0.1, 0.15) is 24.2 Å². The Morgan fingerprint density at radius 3 is 2.17 bits per heavy atom. The van der Waals surface area contributed by atoms with Crippen LogP contribution in [0.3, 0.4) is 0 Å². The van der Waals surface area contributed by atoms with Crippen LogP contribution in [-0.2, 0) is 68.2 Å². The Morgan fingerprint density at radius 2 is 1.54 bits per heavy atom. The van der Waals surface area contributed by atoms with Gasteiger partial charge in [-0.15, -0.1) is 0 Å². The zero-order valence-electron chi connectivity index (χ0n) is 39.2. The number of carboxylic acids is 1. The molecule has 1 aromatic heterocycles.